The molecule has 1 aromatic heterocycles. The van der Waals surface area contributed by atoms with Crippen LogP contribution in [0.1, 0.15) is 23.1 Å². The minimum atomic E-state index is 0.0400. The van der Waals surface area contributed by atoms with Crippen LogP contribution >= 0.6 is 11.6 Å². The predicted octanol–water partition coefficient (Wildman–Crippen LogP) is 4.60. The molecule has 3 N–H and O–H groups in total. The van der Waals surface area contributed by atoms with E-state index in [1.807, 2.05) is 38.2 Å². The summed E-state index contributed by atoms with van der Waals surface area (Å²) in [7, 11) is 0. The molecule has 5 heteroatoms. The summed E-state index contributed by atoms with van der Waals surface area (Å²) < 4.78 is 0. The standard InChI is InChI=1S/C21H24ClN3O/c1-14-11-15(2)21(18(22)12-14)24-10-8-20(26)23-9-7-16-13-25-19-6-4-3-5-17(16)19/h3-6,11-13,24-25H,7-10H2,1-2H3,(H,23,26). The summed E-state index contributed by atoms with van der Waals surface area (Å²) in [5.41, 5.74) is 5.48. The van der Waals surface area contributed by atoms with Crippen LogP contribution < -0.4 is 10.6 Å². The fraction of sp³-hybridized carbons (Fsp3) is 0.286. The molecule has 3 rings (SSSR count). The van der Waals surface area contributed by atoms with Gasteiger partial charge in [0.25, 0.3) is 0 Å². The van der Waals surface area contributed by atoms with Crippen LogP contribution in [0.3, 0.4) is 0 Å². The molecular formula is C21H24ClN3O. The number of hydrogen-bond acceptors (Lipinski definition) is 2. The van der Waals surface area contributed by atoms with Gasteiger partial charge in [-0.15, -0.1) is 0 Å². The maximum absolute atomic E-state index is 12.1. The molecule has 4 nitrogen and oxygen atoms in total. The van der Waals surface area contributed by atoms with Crippen molar-refractivity contribution in [3.63, 3.8) is 0 Å². The van der Waals surface area contributed by atoms with Crippen molar-refractivity contribution in [2.24, 2.45) is 0 Å². The van der Waals surface area contributed by atoms with Gasteiger partial charge in [0.15, 0.2) is 0 Å². The van der Waals surface area contributed by atoms with Crippen molar-refractivity contribution in [3.8, 4) is 0 Å². The van der Waals surface area contributed by atoms with E-state index < -0.39 is 0 Å². The molecule has 0 aliphatic heterocycles. The smallest absolute Gasteiger partial charge is 0.221 e. The molecule has 0 bridgehead atoms. The third-order valence-electron chi connectivity index (χ3n) is 4.48. The number of carbonyl (C=O) groups is 1. The van der Waals surface area contributed by atoms with Crippen molar-refractivity contribution in [2.45, 2.75) is 26.7 Å². The fourth-order valence-corrected chi connectivity index (χ4v) is 3.59. The zero-order chi connectivity index (χ0) is 18.5. The molecule has 0 radical (unpaired) electrons. The van der Waals surface area contributed by atoms with Gasteiger partial charge >= 0.3 is 0 Å². The lowest BCUT2D eigenvalue weighted by Crippen LogP contribution is -2.27. The second-order valence-corrected chi connectivity index (χ2v) is 6.98. The molecule has 1 heterocycles. The average molecular weight is 370 g/mol. The number of H-pyrrole nitrogens is 1. The van der Waals surface area contributed by atoms with E-state index in [1.165, 1.54) is 10.9 Å². The van der Waals surface area contributed by atoms with Gasteiger partial charge in [0.1, 0.15) is 0 Å². The van der Waals surface area contributed by atoms with Crippen molar-refractivity contribution >= 4 is 34.1 Å². The quantitative estimate of drug-likeness (QED) is 0.570. The Labute approximate surface area is 158 Å². The number of amides is 1. The number of nitrogens with one attached hydrogen (secondary N) is 3. The van der Waals surface area contributed by atoms with E-state index in [0.717, 1.165) is 28.8 Å². The van der Waals surface area contributed by atoms with Crippen LogP contribution in [0.2, 0.25) is 5.02 Å². The number of aryl methyl sites for hydroxylation is 2. The number of anilines is 1. The summed E-state index contributed by atoms with van der Waals surface area (Å²) in [6.07, 6.45) is 3.24. The maximum Gasteiger partial charge on any atom is 0.221 e. The first-order valence-corrected chi connectivity index (χ1v) is 9.24. The van der Waals surface area contributed by atoms with Crippen LogP contribution in [0.5, 0.6) is 0 Å². The minimum absolute atomic E-state index is 0.0400. The molecule has 3 aromatic rings. The maximum atomic E-state index is 12.1. The predicted molar refractivity (Wildman–Crippen MR) is 109 cm³/mol. The number of hydrogen-bond donors (Lipinski definition) is 3. The monoisotopic (exact) mass is 369 g/mol. The second kappa shape index (κ2) is 8.28. The van der Waals surface area contributed by atoms with Gasteiger partial charge < -0.3 is 15.6 Å². The Morgan fingerprint density at radius 3 is 2.77 bits per heavy atom. The van der Waals surface area contributed by atoms with E-state index in [4.69, 9.17) is 11.6 Å². The fourth-order valence-electron chi connectivity index (χ4n) is 3.20. The Hall–Kier alpha value is -2.46. The van der Waals surface area contributed by atoms with Crippen LogP contribution in [0.4, 0.5) is 5.69 Å². The third kappa shape index (κ3) is 4.38. The molecule has 0 saturated carbocycles. The van der Waals surface area contributed by atoms with Crippen LogP contribution in [0.15, 0.2) is 42.6 Å². The van der Waals surface area contributed by atoms with E-state index in [2.05, 4.69) is 33.8 Å². The molecule has 1 amide bonds. The van der Waals surface area contributed by atoms with Crippen LogP contribution in [0, 0.1) is 13.8 Å². The molecule has 26 heavy (non-hydrogen) atoms. The van der Waals surface area contributed by atoms with Gasteiger partial charge in [0, 0.05) is 36.6 Å². The molecule has 0 spiro atoms. The first kappa shape index (κ1) is 18.3. The molecule has 136 valence electrons. The highest BCUT2D eigenvalue weighted by atomic mass is 35.5. The second-order valence-electron chi connectivity index (χ2n) is 6.57. The first-order valence-electron chi connectivity index (χ1n) is 8.87. The molecule has 0 aliphatic carbocycles. The summed E-state index contributed by atoms with van der Waals surface area (Å²) in [6, 6.07) is 12.2. The molecular weight excluding hydrogens is 346 g/mol. The Kier molecular flexibility index (Phi) is 5.84. The highest BCUT2D eigenvalue weighted by molar-refractivity contribution is 6.33. The Morgan fingerprint density at radius 1 is 1.15 bits per heavy atom. The number of carbonyl (C=O) groups excluding carboxylic acids is 1. The number of fused-ring (bicyclic) bond motifs is 1. The van der Waals surface area contributed by atoms with Gasteiger partial charge in [-0.3, -0.25) is 4.79 Å². The van der Waals surface area contributed by atoms with Crippen molar-refractivity contribution < 1.29 is 4.79 Å². The molecule has 0 unspecified atom stereocenters. The van der Waals surface area contributed by atoms with E-state index in [9.17, 15) is 4.79 Å². The SMILES string of the molecule is Cc1cc(C)c(NCCC(=O)NCCc2c[nH]c3ccccc23)c(Cl)c1. The number of para-hydroxylation sites is 1. The van der Waals surface area contributed by atoms with Crippen molar-refractivity contribution in [1.82, 2.24) is 10.3 Å². The van der Waals surface area contributed by atoms with Gasteiger partial charge in [-0.1, -0.05) is 35.9 Å². The van der Waals surface area contributed by atoms with Gasteiger partial charge in [-0.2, -0.15) is 0 Å². The van der Waals surface area contributed by atoms with Crippen molar-refractivity contribution in [1.29, 1.82) is 0 Å². The molecule has 2 aromatic carbocycles. The van der Waals surface area contributed by atoms with Gasteiger partial charge in [0.2, 0.25) is 5.91 Å². The summed E-state index contributed by atoms with van der Waals surface area (Å²) in [6.45, 7) is 5.22. The zero-order valence-corrected chi connectivity index (χ0v) is 15.9. The largest absolute Gasteiger partial charge is 0.383 e. The Bertz CT molecular complexity index is 894. The van der Waals surface area contributed by atoms with Gasteiger partial charge in [0.05, 0.1) is 10.7 Å². The summed E-state index contributed by atoms with van der Waals surface area (Å²) in [5, 5.41) is 8.17. The lowest BCUT2D eigenvalue weighted by atomic mass is 10.1. The van der Waals surface area contributed by atoms with Crippen LogP contribution in [-0.4, -0.2) is 24.0 Å². The number of halogens is 1. The number of aromatic amines is 1. The first-order chi connectivity index (χ1) is 12.5. The zero-order valence-electron chi connectivity index (χ0n) is 15.2. The van der Waals surface area contributed by atoms with Crippen LogP contribution in [-0.2, 0) is 11.2 Å². The van der Waals surface area contributed by atoms with E-state index in [0.29, 0.717) is 24.5 Å². The Morgan fingerprint density at radius 2 is 1.96 bits per heavy atom. The van der Waals surface area contributed by atoms with Gasteiger partial charge in [-0.25, -0.2) is 0 Å². The molecule has 0 fully saturated rings. The number of benzene rings is 2. The summed E-state index contributed by atoms with van der Waals surface area (Å²) in [4.78, 5) is 15.3. The lowest BCUT2D eigenvalue weighted by Gasteiger charge is -2.12. The summed E-state index contributed by atoms with van der Waals surface area (Å²) in [5.74, 6) is 0.0400. The van der Waals surface area contributed by atoms with Gasteiger partial charge in [-0.05, 0) is 49.1 Å². The molecule has 0 aliphatic rings. The summed E-state index contributed by atoms with van der Waals surface area (Å²) >= 11 is 6.27. The van der Waals surface area contributed by atoms with Crippen molar-refractivity contribution in [3.05, 3.63) is 64.3 Å². The third-order valence-corrected chi connectivity index (χ3v) is 4.78. The number of aromatic nitrogens is 1. The average Bonchev–Trinajstić information content (AvgIpc) is 3.00. The van der Waals surface area contributed by atoms with E-state index in [-0.39, 0.29) is 5.91 Å². The Balaban J connectivity index is 1.44. The minimum Gasteiger partial charge on any atom is -0.383 e. The normalized spacial score (nSPS) is 10.9. The topological polar surface area (TPSA) is 56.9 Å². The van der Waals surface area contributed by atoms with E-state index >= 15 is 0 Å². The van der Waals surface area contributed by atoms with E-state index in [1.54, 1.807) is 0 Å². The highest BCUT2D eigenvalue weighted by Crippen LogP contribution is 2.27. The van der Waals surface area contributed by atoms with Crippen molar-refractivity contribution in [2.75, 3.05) is 18.4 Å². The van der Waals surface area contributed by atoms with Crippen LogP contribution in [0.25, 0.3) is 10.9 Å². The molecule has 0 saturated heterocycles. The highest BCUT2D eigenvalue weighted by Gasteiger charge is 2.07. The number of rotatable bonds is 7. The lowest BCUT2D eigenvalue weighted by molar-refractivity contribution is -0.120. The molecule has 0 atom stereocenters.